The number of fused-ring (bicyclic) bond motifs is 1. The summed E-state index contributed by atoms with van der Waals surface area (Å²) in [6.07, 6.45) is 3.57. The first-order chi connectivity index (χ1) is 14.6. The van der Waals surface area contributed by atoms with Gasteiger partial charge in [-0.05, 0) is 64.3 Å². The highest BCUT2D eigenvalue weighted by molar-refractivity contribution is 9.10. The monoisotopic (exact) mass is 475 g/mol. The van der Waals surface area contributed by atoms with E-state index in [9.17, 15) is 9.59 Å². The number of carbonyl (C=O) groups excluding carboxylic acids is 2. The van der Waals surface area contributed by atoms with Gasteiger partial charge in [0, 0.05) is 5.56 Å². The number of carbonyl (C=O) groups is 2. The summed E-state index contributed by atoms with van der Waals surface area (Å²) < 4.78 is 16.9. The molecule has 1 heterocycles. The van der Waals surface area contributed by atoms with Crippen molar-refractivity contribution >= 4 is 34.0 Å². The Morgan fingerprint density at radius 2 is 2.03 bits per heavy atom. The Hall–Kier alpha value is -3.07. The van der Waals surface area contributed by atoms with Gasteiger partial charge in [-0.1, -0.05) is 13.3 Å². The summed E-state index contributed by atoms with van der Waals surface area (Å²) >= 11 is 3.46. The fourth-order valence-corrected chi connectivity index (χ4v) is 3.07. The molecule has 0 radical (unpaired) electrons. The second-order valence-electron chi connectivity index (χ2n) is 6.44. The van der Waals surface area contributed by atoms with Crippen molar-refractivity contribution in [2.45, 2.75) is 19.8 Å². The van der Waals surface area contributed by atoms with Gasteiger partial charge >= 0.3 is 0 Å². The van der Waals surface area contributed by atoms with Crippen molar-refractivity contribution in [3.63, 3.8) is 0 Å². The van der Waals surface area contributed by atoms with Gasteiger partial charge < -0.3 is 19.5 Å². The van der Waals surface area contributed by atoms with Gasteiger partial charge in [-0.2, -0.15) is 5.10 Å². The van der Waals surface area contributed by atoms with Crippen molar-refractivity contribution in [3.8, 4) is 17.2 Å². The third kappa shape index (κ3) is 5.96. The molecule has 9 heteroatoms. The first-order valence-corrected chi connectivity index (χ1v) is 10.3. The van der Waals surface area contributed by atoms with Crippen LogP contribution in [0.1, 0.15) is 35.7 Å². The molecule has 0 aromatic heterocycles. The summed E-state index contributed by atoms with van der Waals surface area (Å²) in [5.74, 6) is 1.01. The second kappa shape index (κ2) is 10.6. The number of halogens is 1. The van der Waals surface area contributed by atoms with E-state index < -0.39 is 11.8 Å². The number of hydrogen-bond donors (Lipinski definition) is 2. The molecule has 2 aromatic rings. The lowest BCUT2D eigenvalue weighted by atomic mass is 10.2. The van der Waals surface area contributed by atoms with Crippen LogP contribution in [0.2, 0.25) is 0 Å². The van der Waals surface area contributed by atoms with E-state index in [-0.39, 0.29) is 13.3 Å². The van der Waals surface area contributed by atoms with E-state index in [0.29, 0.717) is 23.7 Å². The van der Waals surface area contributed by atoms with Crippen LogP contribution in [0.4, 0.5) is 0 Å². The van der Waals surface area contributed by atoms with E-state index >= 15 is 0 Å². The zero-order valence-corrected chi connectivity index (χ0v) is 18.0. The van der Waals surface area contributed by atoms with E-state index in [2.05, 4.69) is 38.7 Å². The van der Waals surface area contributed by atoms with Crippen molar-refractivity contribution in [2.24, 2.45) is 5.10 Å². The van der Waals surface area contributed by atoms with E-state index in [1.165, 1.54) is 6.21 Å². The molecule has 8 nitrogen and oxygen atoms in total. The number of nitrogens with zero attached hydrogens (tertiary/aromatic N) is 1. The molecule has 0 saturated heterocycles. The summed E-state index contributed by atoms with van der Waals surface area (Å²) in [5, 5.41) is 6.45. The number of ether oxygens (including phenoxy) is 3. The Balaban J connectivity index is 1.44. The van der Waals surface area contributed by atoms with Gasteiger partial charge in [0.15, 0.2) is 11.5 Å². The smallest absolute Gasteiger partial charge is 0.259 e. The van der Waals surface area contributed by atoms with Crippen LogP contribution in [0, 0.1) is 0 Å². The lowest BCUT2D eigenvalue weighted by molar-refractivity contribution is -0.120. The minimum atomic E-state index is -0.445. The highest BCUT2D eigenvalue weighted by Crippen LogP contribution is 2.32. The fraction of sp³-hybridized carbons (Fsp3) is 0.286. The Bertz CT molecular complexity index is 948. The molecule has 158 valence electrons. The van der Waals surface area contributed by atoms with Crippen LogP contribution in [-0.4, -0.2) is 38.0 Å². The SMILES string of the molecule is CCCCOc1ccc(/C=N\NC(=O)CNC(=O)c2ccc3c(c2)OCO3)cc1Br. The van der Waals surface area contributed by atoms with Gasteiger partial charge in [0.25, 0.3) is 11.8 Å². The normalized spacial score (nSPS) is 12.1. The Morgan fingerprint density at radius 1 is 1.20 bits per heavy atom. The largest absolute Gasteiger partial charge is 0.492 e. The third-order valence-corrected chi connectivity index (χ3v) is 4.78. The molecular weight excluding hydrogens is 454 g/mol. The number of benzene rings is 2. The fourth-order valence-electron chi connectivity index (χ4n) is 2.56. The number of rotatable bonds is 9. The second-order valence-corrected chi connectivity index (χ2v) is 7.29. The molecule has 2 N–H and O–H groups in total. The molecule has 0 atom stereocenters. The molecule has 0 aliphatic carbocycles. The molecule has 2 aromatic carbocycles. The Morgan fingerprint density at radius 3 is 2.83 bits per heavy atom. The standard InChI is InChI=1S/C21H22BrN3O5/c1-2-3-8-28-17-6-4-14(9-16(17)22)11-24-25-20(26)12-23-21(27)15-5-7-18-19(10-15)30-13-29-18/h4-7,9-11H,2-3,8,12-13H2,1H3,(H,23,27)(H,25,26)/b24-11-. The molecule has 0 spiro atoms. The number of hydrogen-bond acceptors (Lipinski definition) is 6. The molecule has 0 bridgehead atoms. The summed E-state index contributed by atoms with van der Waals surface area (Å²) in [6, 6.07) is 10.4. The molecule has 3 rings (SSSR count). The number of nitrogens with one attached hydrogen (secondary N) is 2. The van der Waals surface area contributed by atoms with Gasteiger partial charge in [0.05, 0.1) is 23.8 Å². The van der Waals surface area contributed by atoms with Crippen LogP contribution in [-0.2, 0) is 4.79 Å². The summed E-state index contributed by atoms with van der Waals surface area (Å²) in [7, 11) is 0. The molecule has 0 saturated carbocycles. The summed E-state index contributed by atoms with van der Waals surface area (Å²) in [5.41, 5.74) is 3.54. The highest BCUT2D eigenvalue weighted by Gasteiger charge is 2.16. The Labute approximate surface area is 182 Å². The third-order valence-electron chi connectivity index (χ3n) is 4.16. The predicted molar refractivity (Wildman–Crippen MR) is 115 cm³/mol. The zero-order valence-electron chi connectivity index (χ0n) is 16.4. The van der Waals surface area contributed by atoms with E-state index in [0.717, 1.165) is 28.6 Å². The lowest BCUT2D eigenvalue weighted by Crippen LogP contribution is -2.34. The average molecular weight is 476 g/mol. The van der Waals surface area contributed by atoms with Crippen LogP contribution in [0.15, 0.2) is 46.0 Å². The Kier molecular flexibility index (Phi) is 7.67. The van der Waals surface area contributed by atoms with Crippen LogP contribution < -0.4 is 25.0 Å². The maximum Gasteiger partial charge on any atom is 0.259 e. The summed E-state index contributed by atoms with van der Waals surface area (Å²) in [4.78, 5) is 24.1. The summed E-state index contributed by atoms with van der Waals surface area (Å²) in [6.45, 7) is 2.69. The average Bonchev–Trinajstić information content (AvgIpc) is 3.21. The molecule has 2 amide bonds. The lowest BCUT2D eigenvalue weighted by Gasteiger charge is -2.08. The van der Waals surface area contributed by atoms with Gasteiger partial charge in [-0.25, -0.2) is 5.43 Å². The molecule has 1 aliphatic rings. The maximum absolute atomic E-state index is 12.2. The minimum Gasteiger partial charge on any atom is -0.492 e. The molecule has 30 heavy (non-hydrogen) atoms. The van der Waals surface area contributed by atoms with Crippen molar-refractivity contribution in [1.82, 2.24) is 10.7 Å². The molecule has 0 fully saturated rings. The molecule has 1 aliphatic heterocycles. The first-order valence-electron chi connectivity index (χ1n) is 9.49. The molecule has 0 unspecified atom stereocenters. The van der Waals surface area contributed by atoms with Crippen LogP contribution >= 0.6 is 15.9 Å². The van der Waals surface area contributed by atoms with Crippen molar-refractivity contribution < 1.29 is 23.8 Å². The number of hydrazone groups is 1. The van der Waals surface area contributed by atoms with E-state index in [1.54, 1.807) is 18.2 Å². The van der Waals surface area contributed by atoms with E-state index in [4.69, 9.17) is 14.2 Å². The van der Waals surface area contributed by atoms with Crippen molar-refractivity contribution in [1.29, 1.82) is 0 Å². The highest BCUT2D eigenvalue weighted by atomic mass is 79.9. The van der Waals surface area contributed by atoms with Gasteiger partial charge in [0.2, 0.25) is 6.79 Å². The zero-order chi connectivity index (χ0) is 21.3. The first kappa shape index (κ1) is 21.6. The van der Waals surface area contributed by atoms with Gasteiger partial charge in [-0.3, -0.25) is 9.59 Å². The number of unbranched alkanes of at least 4 members (excludes halogenated alkanes) is 1. The number of amides is 2. The van der Waals surface area contributed by atoms with Crippen LogP contribution in [0.5, 0.6) is 17.2 Å². The van der Waals surface area contributed by atoms with Gasteiger partial charge in [0.1, 0.15) is 5.75 Å². The predicted octanol–water partition coefficient (Wildman–Crippen LogP) is 3.24. The van der Waals surface area contributed by atoms with Crippen LogP contribution in [0.25, 0.3) is 0 Å². The maximum atomic E-state index is 12.2. The van der Waals surface area contributed by atoms with Crippen molar-refractivity contribution in [3.05, 3.63) is 52.0 Å². The minimum absolute atomic E-state index is 0.131. The molecular formula is C21H22BrN3O5. The quantitative estimate of drug-likeness (QED) is 0.329. The van der Waals surface area contributed by atoms with Crippen LogP contribution in [0.3, 0.4) is 0 Å². The topological polar surface area (TPSA) is 98.2 Å². The van der Waals surface area contributed by atoms with Gasteiger partial charge in [-0.15, -0.1) is 0 Å². The van der Waals surface area contributed by atoms with Crippen molar-refractivity contribution in [2.75, 3.05) is 19.9 Å². The van der Waals surface area contributed by atoms with E-state index in [1.807, 2.05) is 18.2 Å².